The predicted octanol–water partition coefficient (Wildman–Crippen LogP) is 5.47. The van der Waals surface area contributed by atoms with E-state index in [4.69, 9.17) is 0 Å². The molecule has 0 amide bonds. The lowest BCUT2D eigenvalue weighted by Crippen LogP contribution is -2.39. The second kappa shape index (κ2) is 7.95. The minimum atomic E-state index is -4.45. The van der Waals surface area contributed by atoms with Crippen molar-refractivity contribution < 1.29 is 23.1 Å². The van der Waals surface area contributed by atoms with Crippen LogP contribution in [-0.2, 0) is 11.0 Å². The predicted molar refractivity (Wildman–Crippen MR) is 101 cm³/mol. The summed E-state index contributed by atoms with van der Waals surface area (Å²) in [6, 6.07) is 11.7. The van der Waals surface area contributed by atoms with Gasteiger partial charge in [0.1, 0.15) is 6.04 Å². The Bertz CT molecular complexity index is 830. The van der Waals surface area contributed by atoms with Crippen LogP contribution in [0.5, 0.6) is 0 Å². The molecule has 1 saturated heterocycles. The molecule has 28 heavy (non-hydrogen) atoms. The Morgan fingerprint density at radius 1 is 1.07 bits per heavy atom. The van der Waals surface area contributed by atoms with E-state index in [0.717, 1.165) is 23.3 Å². The highest BCUT2D eigenvalue weighted by molar-refractivity contribution is 5.74. The monoisotopic (exact) mass is 391 g/mol. The summed E-state index contributed by atoms with van der Waals surface area (Å²) in [6.07, 6.45) is -3.25. The average molecular weight is 391 g/mol. The number of carboxylic acid groups (broad SMARTS) is 1. The Hall–Kier alpha value is -2.34. The zero-order valence-corrected chi connectivity index (χ0v) is 15.9. The Morgan fingerprint density at radius 3 is 2.29 bits per heavy atom. The highest BCUT2D eigenvalue weighted by Gasteiger charge is 2.38. The zero-order valence-electron chi connectivity index (χ0n) is 15.9. The normalized spacial score (nSPS) is 19.1. The van der Waals surface area contributed by atoms with Crippen molar-refractivity contribution in [2.45, 2.75) is 50.9 Å². The molecule has 3 nitrogen and oxygen atoms in total. The minimum absolute atomic E-state index is 0.333. The van der Waals surface area contributed by atoms with E-state index < -0.39 is 29.8 Å². The van der Waals surface area contributed by atoms with E-state index >= 15 is 0 Å². The van der Waals surface area contributed by atoms with Crippen LogP contribution in [0.4, 0.5) is 13.2 Å². The summed E-state index contributed by atoms with van der Waals surface area (Å²) in [5, 5.41) is 9.61. The Morgan fingerprint density at radius 2 is 1.71 bits per heavy atom. The number of nitrogens with zero attached hydrogens (tertiary/aromatic N) is 1. The topological polar surface area (TPSA) is 40.5 Å². The lowest BCUT2D eigenvalue weighted by Gasteiger charge is -2.32. The molecule has 2 aromatic rings. The number of rotatable bonds is 5. The fraction of sp³-hybridized carbons (Fsp3) is 0.409. The maximum absolute atomic E-state index is 13.2. The van der Waals surface area contributed by atoms with Crippen molar-refractivity contribution in [2.75, 3.05) is 6.54 Å². The number of hydrogen-bond donors (Lipinski definition) is 1. The van der Waals surface area contributed by atoms with E-state index in [1.165, 1.54) is 6.07 Å². The fourth-order valence-corrected chi connectivity index (χ4v) is 3.89. The summed E-state index contributed by atoms with van der Waals surface area (Å²) in [4.78, 5) is 13.5. The van der Waals surface area contributed by atoms with Gasteiger partial charge in [-0.25, -0.2) is 0 Å². The SMILES string of the molecule is CC(C)c1ccc(C(c2cccc(C(F)(F)F)c2)N2CCCC2C(=O)O)cc1. The van der Waals surface area contributed by atoms with Gasteiger partial charge in [0.25, 0.3) is 0 Å². The second-order valence-corrected chi connectivity index (χ2v) is 7.58. The Kier molecular flexibility index (Phi) is 5.79. The number of halogens is 3. The van der Waals surface area contributed by atoms with Gasteiger partial charge in [-0.05, 0) is 47.6 Å². The van der Waals surface area contributed by atoms with Crippen LogP contribution < -0.4 is 0 Å². The van der Waals surface area contributed by atoms with Crippen molar-refractivity contribution >= 4 is 5.97 Å². The Labute approximate surface area is 162 Å². The number of likely N-dealkylation sites (tertiary alicyclic amines) is 1. The van der Waals surface area contributed by atoms with Crippen LogP contribution in [0.15, 0.2) is 48.5 Å². The van der Waals surface area contributed by atoms with Crippen LogP contribution in [0, 0.1) is 0 Å². The standard InChI is InChI=1S/C22H24F3NO2/c1-14(2)15-8-10-16(11-9-15)20(26-12-4-7-19(26)21(27)28)17-5-3-6-18(13-17)22(23,24)25/h3,5-6,8-11,13-14,19-20H,4,7,12H2,1-2H3,(H,27,28). The third kappa shape index (κ3) is 4.22. The molecule has 1 N–H and O–H groups in total. The van der Waals surface area contributed by atoms with Gasteiger partial charge in [-0.1, -0.05) is 50.2 Å². The molecule has 0 bridgehead atoms. The van der Waals surface area contributed by atoms with E-state index in [1.54, 1.807) is 6.07 Å². The molecule has 0 aliphatic carbocycles. The minimum Gasteiger partial charge on any atom is -0.480 e. The van der Waals surface area contributed by atoms with Gasteiger partial charge in [0, 0.05) is 6.54 Å². The number of benzene rings is 2. The molecule has 0 radical (unpaired) electrons. The molecule has 2 aromatic carbocycles. The molecule has 6 heteroatoms. The van der Waals surface area contributed by atoms with Crippen molar-refractivity contribution in [2.24, 2.45) is 0 Å². The molecule has 150 valence electrons. The van der Waals surface area contributed by atoms with Crippen LogP contribution in [0.1, 0.15) is 60.9 Å². The molecule has 2 unspecified atom stereocenters. The Balaban J connectivity index is 2.08. The first-order chi connectivity index (χ1) is 13.2. The highest BCUT2D eigenvalue weighted by atomic mass is 19.4. The van der Waals surface area contributed by atoms with Gasteiger partial charge in [0.05, 0.1) is 11.6 Å². The molecule has 3 rings (SSSR count). The largest absolute Gasteiger partial charge is 0.480 e. The van der Waals surface area contributed by atoms with Gasteiger partial charge in [-0.15, -0.1) is 0 Å². The molecule has 1 fully saturated rings. The third-order valence-corrected chi connectivity index (χ3v) is 5.36. The molecule has 0 spiro atoms. The molecule has 2 atom stereocenters. The van der Waals surface area contributed by atoms with Crippen molar-refractivity contribution in [1.82, 2.24) is 4.90 Å². The average Bonchev–Trinajstić information content (AvgIpc) is 3.11. The van der Waals surface area contributed by atoms with Gasteiger partial charge in [0.2, 0.25) is 0 Å². The molecule has 0 aromatic heterocycles. The van der Waals surface area contributed by atoms with Gasteiger partial charge in [-0.2, -0.15) is 13.2 Å². The summed E-state index contributed by atoms with van der Waals surface area (Å²) in [6.45, 7) is 4.67. The summed E-state index contributed by atoms with van der Waals surface area (Å²) in [5.41, 5.74) is 1.67. The summed E-state index contributed by atoms with van der Waals surface area (Å²) < 4.78 is 39.7. The number of carboxylic acids is 1. The van der Waals surface area contributed by atoms with Crippen LogP contribution in [0.3, 0.4) is 0 Å². The fourth-order valence-electron chi connectivity index (χ4n) is 3.89. The lowest BCUT2D eigenvalue weighted by molar-refractivity contribution is -0.143. The summed E-state index contributed by atoms with van der Waals surface area (Å²) >= 11 is 0. The van der Waals surface area contributed by atoms with Crippen LogP contribution in [0.2, 0.25) is 0 Å². The van der Waals surface area contributed by atoms with Crippen LogP contribution in [-0.4, -0.2) is 28.6 Å². The van der Waals surface area contributed by atoms with Crippen molar-refractivity contribution in [3.05, 3.63) is 70.8 Å². The van der Waals surface area contributed by atoms with E-state index in [1.807, 2.05) is 29.2 Å². The number of carbonyl (C=O) groups is 1. The van der Waals surface area contributed by atoms with Crippen molar-refractivity contribution in [3.8, 4) is 0 Å². The van der Waals surface area contributed by atoms with Gasteiger partial charge < -0.3 is 5.11 Å². The molecule has 1 aliphatic rings. The maximum atomic E-state index is 13.2. The zero-order chi connectivity index (χ0) is 20.5. The molecule has 0 saturated carbocycles. The molecular weight excluding hydrogens is 367 g/mol. The van der Waals surface area contributed by atoms with E-state index in [-0.39, 0.29) is 0 Å². The number of aliphatic carboxylic acids is 1. The number of alkyl halides is 3. The molecular formula is C22H24F3NO2. The smallest absolute Gasteiger partial charge is 0.416 e. The van der Waals surface area contributed by atoms with Crippen molar-refractivity contribution in [3.63, 3.8) is 0 Å². The summed E-state index contributed by atoms with van der Waals surface area (Å²) in [7, 11) is 0. The van der Waals surface area contributed by atoms with Gasteiger partial charge in [0.15, 0.2) is 0 Å². The second-order valence-electron chi connectivity index (χ2n) is 7.58. The van der Waals surface area contributed by atoms with E-state index in [2.05, 4.69) is 13.8 Å². The highest BCUT2D eigenvalue weighted by Crippen LogP contribution is 2.38. The van der Waals surface area contributed by atoms with E-state index in [0.29, 0.717) is 30.9 Å². The number of hydrogen-bond acceptors (Lipinski definition) is 2. The first-order valence-electron chi connectivity index (χ1n) is 9.44. The third-order valence-electron chi connectivity index (χ3n) is 5.36. The van der Waals surface area contributed by atoms with Crippen LogP contribution in [0.25, 0.3) is 0 Å². The van der Waals surface area contributed by atoms with E-state index in [9.17, 15) is 23.1 Å². The molecule has 1 aliphatic heterocycles. The van der Waals surface area contributed by atoms with Gasteiger partial charge >= 0.3 is 12.1 Å². The first-order valence-corrected chi connectivity index (χ1v) is 9.44. The lowest BCUT2D eigenvalue weighted by atomic mass is 9.92. The molecule has 1 heterocycles. The summed E-state index contributed by atoms with van der Waals surface area (Å²) in [5.74, 6) is -0.604. The van der Waals surface area contributed by atoms with Crippen LogP contribution >= 0.6 is 0 Å². The quantitative estimate of drug-likeness (QED) is 0.735. The maximum Gasteiger partial charge on any atom is 0.416 e. The first kappa shape index (κ1) is 20.4. The van der Waals surface area contributed by atoms with Gasteiger partial charge in [-0.3, -0.25) is 9.69 Å². The van der Waals surface area contributed by atoms with Crippen molar-refractivity contribution in [1.29, 1.82) is 0 Å².